The van der Waals surface area contributed by atoms with Crippen LogP contribution in [0.25, 0.3) is 0 Å². The molecule has 3 aromatic rings. The standard InChI is InChI=1S/C26H25N5O4/c1-16(2)13-31-17(3)21(12-28-31)30(14-19-7-4-6-18(10-19)11-27)23(32)15-35-22-9-5-8-20-24(22)26(34)29-25(20)33/h4-10,12,16H,13-15H2,1-3H3,(H,29,33,34). The lowest BCUT2D eigenvalue weighted by molar-refractivity contribution is -0.120. The monoisotopic (exact) mass is 471 g/mol. The minimum Gasteiger partial charge on any atom is -0.483 e. The first-order valence-electron chi connectivity index (χ1n) is 11.2. The van der Waals surface area contributed by atoms with Gasteiger partial charge in [0.25, 0.3) is 17.7 Å². The molecule has 0 aliphatic carbocycles. The van der Waals surface area contributed by atoms with Gasteiger partial charge in [-0.3, -0.25) is 24.4 Å². The minimum atomic E-state index is -0.552. The number of aromatic nitrogens is 2. The van der Waals surface area contributed by atoms with Gasteiger partial charge < -0.3 is 9.64 Å². The van der Waals surface area contributed by atoms with Crippen molar-refractivity contribution in [3.05, 3.63) is 76.6 Å². The summed E-state index contributed by atoms with van der Waals surface area (Å²) in [7, 11) is 0. The molecule has 0 atom stereocenters. The molecule has 0 fully saturated rings. The number of carbonyl (C=O) groups excluding carboxylic acids is 3. The Bertz CT molecular complexity index is 1350. The predicted molar refractivity (Wildman–Crippen MR) is 128 cm³/mol. The summed E-state index contributed by atoms with van der Waals surface area (Å²) in [4.78, 5) is 39.1. The highest BCUT2D eigenvalue weighted by molar-refractivity contribution is 6.22. The van der Waals surface area contributed by atoms with Gasteiger partial charge >= 0.3 is 0 Å². The molecule has 2 heterocycles. The molecule has 0 radical (unpaired) electrons. The van der Waals surface area contributed by atoms with Crippen molar-refractivity contribution in [2.75, 3.05) is 11.5 Å². The summed E-state index contributed by atoms with van der Waals surface area (Å²) in [5, 5.41) is 16.0. The first-order chi connectivity index (χ1) is 16.8. The van der Waals surface area contributed by atoms with Crippen LogP contribution in [0, 0.1) is 24.2 Å². The van der Waals surface area contributed by atoms with E-state index in [2.05, 4.69) is 30.3 Å². The maximum atomic E-state index is 13.4. The van der Waals surface area contributed by atoms with Crippen molar-refractivity contribution in [2.24, 2.45) is 5.92 Å². The first-order valence-corrected chi connectivity index (χ1v) is 11.2. The van der Waals surface area contributed by atoms with E-state index in [4.69, 9.17) is 4.74 Å². The van der Waals surface area contributed by atoms with Crippen molar-refractivity contribution < 1.29 is 19.1 Å². The number of nitriles is 1. The minimum absolute atomic E-state index is 0.125. The number of ether oxygens (including phenoxy) is 1. The molecule has 178 valence electrons. The fourth-order valence-corrected chi connectivity index (χ4v) is 3.99. The van der Waals surface area contributed by atoms with Crippen molar-refractivity contribution >= 4 is 23.4 Å². The molecular weight excluding hydrogens is 446 g/mol. The van der Waals surface area contributed by atoms with Crippen LogP contribution in [0.3, 0.4) is 0 Å². The average Bonchev–Trinajstić information content (AvgIpc) is 3.34. The quantitative estimate of drug-likeness (QED) is 0.504. The SMILES string of the molecule is Cc1c(N(Cc2cccc(C#N)c2)C(=O)COc2cccc3c2C(=O)NC3=O)cnn1CC(C)C. The number of carbonyl (C=O) groups is 3. The Morgan fingerprint density at radius 2 is 1.97 bits per heavy atom. The molecule has 0 saturated carbocycles. The lowest BCUT2D eigenvalue weighted by Crippen LogP contribution is -2.35. The van der Waals surface area contributed by atoms with Gasteiger partial charge in [0, 0.05) is 6.54 Å². The van der Waals surface area contributed by atoms with E-state index >= 15 is 0 Å². The zero-order valence-electron chi connectivity index (χ0n) is 19.7. The summed E-state index contributed by atoms with van der Waals surface area (Å²) in [6, 6.07) is 13.8. The summed E-state index contributed by atoms with van der Waals surface area (Å²) in [5.41, 5.74) is 3.07. The van der Waals surface area contributed by atoms with Gasteiger partial charge in [0.15, 0.2) is 6.61 Å². The summed E-state index contributed by atoms with van der Waals surface area (Å²) >= 11 is 0. The summed E-state index contributed by atoms with van der Waals surface area (Å²) < 4.78 is 7.60. The molecule has 1 N–H and O–H groups in total. The molecule has 1 aliphatic rings. The maximum Gasteiger partial charge on any atom is 0.265 e. The Hall–Kier alpha value is -4.45. The number of imide groups is 1. The van der Waals surface area contributed by atoms with E-state index in [1.54, 1.807) is 41.4 Å². The molecule has 0 bridgehead atoms. The lowest BCUT2D eigenvalue weighted by atomic mass is 10.1. The highest BCUT2D eigenvalue weighted by Gasteiger charge is 2.31. The Morgan fingerprint density at radius 1 is 1.20 bits per heavy atom. The molecule has 1 aliphatic heterocycles. The van der Waals surface area contributed by atoms with Crippen molar-refractivity contribution in [2.45, 2.75) is 33.9 Å². The van der Waals surface area contributed by atoms with Gasteiger partial charge in [-0.1, -0.05) is 32.0 Å². The van der Waals surface area contributed by atoms with E-state index in [-0.39, 0.29) is 35.9 Å². The fraction of sp³-hybridized carbons (Fsp3) is 0.269. The van der Waals surface area contributed by atoms with Crippen LogP contribution in [0.4, 0.5) is 5.69 Å². The third-order valence-corrected chi connectivity index (χ3v) is 5.68. The number of nitrogens with zero attached hydrogens (tertiary/aromatic N) is 4. The van der Waals surface area contributed by atoms with Gasteiger partial charge in [-0.05, 0) is 42.7 Å². The molecule has 2 aromatic carbocycles. The Kier molecular flexibility index (Phi) is 6.64. The van der Waals surface area contributed by atoms with Gasteiger partial charge in [-0.25, -0.2) is 0 Å². The van der Waals surface area contributed by atoms with E-state index in [1.807, 2.05) is 17.7 Å². The third-order valence-electron chi connectivity index (χ3n) is 5.68. The maximum absolute atomic E-state index is 13.4. The molecule has 9 nitrogen and oxygen atoms in total. The highest BCUT2D eigenvalue weighted by Crippen LogP contribution is 2.27. The van der Waals surface area contributed by atoms with Gasteiger partial charge in [0.05, 0.1) is 46.9 Å². The highest BCUT2D eigenvalue weighted by atomic mass is 16.5. The largest absolute Gasteiger partial charge is 0.483 e. The second kappa shape index (κ2) is 9.81. The summed E-state index contributed by atoms with van der Waals surface area (Å²) in [6.07, 6.45) is 1.65. The zero-order chi connectivity index (χ0) is 25.1. The molecule has 0 spiro atoms. The van der Waals surface area contributed by atoms with Crippen molar-refractivity contribution in [3.8, 4) is 11.8 Å². The number of hydrogen-bond acceptors (Lipinski definition) is 6. The van der Waals surface area contributed by atoms with Crippen LogP contribution < -0.4 is 15.0 Å². The molecule has 3 amide bonds. The fourth-order valence-electron chi connectivity index (χ4n) is 3.99. The average molecular weight is 472 g/mol. The topological polar surface area (TPSA) is 117 Å². The third kappa shape index (κ3) is 4.92. The number of benzene rings is 2. The predicted octanol–water partition coefficient (Wildman–Crippen LogP) is 3.22. The second-order valence-electron chi connectivity index (χ2n) is 8.73. The van der Waals surface area contributed by atoms with Crippen molar-refractivity contribution in [1.82, 2.24) is 15.1 Å². The van der Waals surface area contributed by atoms with Crippen LogP contribution >= 0.6 is 0 Å². The van der Waals surface area contributed by atoms with Crippen molar-refractivity contribution in [3.63, 3.8) is 0 Å². The second-order valence-corrected chi connectivity index (χ2v) is 8.73. The Labute approximate surface area is 202 Å². The Balaban J connectivity index is 1.62. The van der Waals surface area contributed by atoms with E-state index in [9.17, 15) is 19.6 Å². The number of rotatable bonds is 8. The molecule has 0 saturated heterocycles. The zero-order valence-corrected chi connectivity index (χ0v) is 19.7. The number of nitrogens with one attached hydrogen (secondary N) is 1. The van der Waals surface area contributed by atoms with Crippen molar-refractivity contribution in [1.29, 1.82) is 5.26 Å². The van der Waals surface area contributed by atoms with Crippen LogP contribution in [0.15, 0.2) is 48.7 Å². The molecule has 35 heavy (non-hydrogen) atoms. The molecular formula is C26H25N5O4. The van der Waals surface area contributed by atoms with Crippen LogP contribution in [0.2, 0.25) is 0 Å². The number of fused-ring (bicyclic) bond motifs is 1. The number of amides is 3. The van der Waals surface area contributed by atoms with Gasteiger partial charge in [0.2, 0.25) is 0 Å². The number of hydrogen-bond donors (Lipinski definition) is 1. The molecule has 1 aromatic heterocycles. The molecule has 4 rings (SSSR count). The van der Waals surface area contributed by atoms with Gasteiger partial charge in [-0.15, -0.1) is 0 Å². The first kappa shape index (κ1) is 23.7. The van der Waals surface area contributed by atoms with Crippen LogP contribution in [-0.2, 0) is 17.9 Å². The Morgan fingerprint density at radius 3 is 2.71 bits per heavy atom. The smallest absolute Gasteiger partial charge is 0.265 e. The normalized spacial score (nSPS) is 12.3. The summed E-state index contributed by atoms with van der Waals surface area (Å²) in [5.74, 6) is -0.868. The van der Waals surface area contributed by atoms with E-state index in [0.29, 0.717) is 23.7 Å². The van der Waals surface area contributed by atoms with Crippen LogP contribution in [-0.4, -0.2) is 34.1 Å². The lowest BCUT2D eigenvalue weighted by Gasteiger charge is -2.23. The van der Waals surface area contributed by atoms with Gasteiger partial charge in [0.1, 0.15) is 5.75 Å². The molecule has 0 unspecified atom stereocenters. The number of anilines is 1. The van der Waals surface area contributed by atoms with E-state index in [1.165, 1.54) is 6.07 Å². The van der Waals surface area contributed by atoms with E-state index in [0.717, 1.165) is 11.3 Å². The van der Waals surface area contributed by atoms with Gasteiger partial charge in [-0.2, -0.15) is 10.4 Å². The molecule has 9 heteroatoms. The van der Waals surface area contributed by atoms with Crippen LogP contribution in [0.5, 0.6) is 5.75 Å². The summed E-state index contributed by atoms with van der Waals surface area (Å²) in [6.45, 7) is 6.63. The van der Waals surface area contributed by atoms with E-state index < -0.39 is 11.8 Å². The van der Waals surface area contributed by atoms with Crippen LogP contribution in [0.1, 0.15) is 51.4 Å².